The van der Waals surface area contributed by atoms with Crippen molar-refractivity contribution in [2.45, 2.75) is 58.2 Å². The van der Waals surface area contributed by atoms with Crippen LogP contribution in [0.2, 0.25) is 0 Å². The first-order valence-corrected chi connectivity index (χ1v) is 11.3. The Bertz CT molecular complexity index is 759. The summed E-state index contributed by atoms with van der Waals surface area (Å²) in [6.07, 6.45) is 6.48. The molecule has 1 unspecified atom stereocenters. The SMILES string of the molecule is CCSC1=C(Br)C[C@H]2[C@@H]3CCC4=CC(=O)C=C[C@]4(C)C3(F)[C@@H](O)C[C@]12C. The molecule has 4 rings (SSSR count). The molecule has 1 N–H and O–H groups in total. The fourth-order valence-electron chi connectivity index (χ4n) is 6.18. The van der Waals surface area contributed by atoms with E-state index in [4.69, 9.17) is 0 Å². The first kappa shape index (κ1) is 18.9. The van der Waals surface area contributed by atoms with Crippen molar-refractivity contribution in [2.75, 3.05) is 5.75 Å². The number of alkyl halides is 1. The number of aliphatic hydroxyl groups excluding tert-OH is 1. The molecular weight excluding hydrogens is 415 g/mol. The monoisotopic (exact) mass is 440 g/mol. The number of carbonyl (C=O) groups is 1. The molecule has 0 aromatic heterocycles. The third-order valence-electron chi connectivity index (χ3n) is 7.48. The number of hydrogen-bond acceptors (Lipinski definition) is 3. The van der Waals surface area contributed by atoms with Crippen molar-refractivity contribution in [3.8, 4) is 0 Å². The van der Waals surface area contributed by atoms with Crippen molar-refractivity contribution in [2.24, 2.45) is 22.7 Å². The summed E-state index contributed by atoms with van der Waals surface area (Å²) in [6.45, 7) is 6.22. The third kappa shape index (κ3) is 2.23. The van der Waals surface area contributed by atoms with E-state index in [1.54, 1.807) is 12.2 Å². The summed E-state index contributed by atoms with van der Waals surface area (Å²) in [5.41, 5.74) is -1.94. The topological polar surface area (TPSA) is 37.3 Å². The largest absolute Gasteiger partial charge is 0.390 e. The van der Waals surface area contributed by atoms with Crippen LogP contribution in [0, 0.1) is 22.7 Å². The molecule has 0 saturated heterocycles. The zero-order valence-corrected chi connectivity index (χ0v) is 17.9. The lowest BCUT2D eigenvalue weighted by Gasteiger charge is -2.61. The number of halogens is 2. The van der Waals surface area contributed by atoms with Gasteiger partial charge in [0.25, 0.3) is 0 Å². The molecule has 0 aromatic rings. The van der Waals surface area contributed by atoms with Gasteiger partial charge in [-0.1, -0.05) is 41.4 Å². The fraction of sp³-hybridized carbons (Fsp3) is 0.667. The quantitative estimate of drug-likeness (QED) is 0.630. The highest BCUT2D eigenvalue weighted by molar-refractivity contribution is 9.11. The van der Waals surface area contributed by atoms with Crippen LogP contribution in [-0.4, -0.2) is 28.4 Å². The molecule has 0 aliphatic heterocycles. The van der Waals surface area contributed by atoms with Gasteiger partial charge in [0.2, 0.25) is 0 Å². The molecule has 142 valence electrons. The van der Waals surface area contributed by atoms with E-state index in [0.29, 0.717) is 12.8 Å². The van der Waals surface area contributed by atoms with Gasteiger partial charge in [-0.2, -0.15) is 0 Å². The van der Waals surface area contributed by atoms with E-state index in [0.717, 1.165) is 24.2 Å². The first-order chi connectivity index (χ1) is 12.2. The van der Waals surface area contributed by atoms with Gasteiger partial charge in [0.15, 0.2) is 11.5 Å². The molecule has 5 heteroatoms. The second-order valence-corrected chi connectivity index (χ2v) is 10.9. The summed E-state index contributed by atoms with van der Waals surface area (Å²) in [6, 6.07) is 0. The fourth-order valence-corrected chi connectivity index (χ4v) is 8.42. The van der Waals surface area contributed by atoms with Gasteiger partial charge in [-0.15, -0.1) is 11.8 Å². The summed E-state index contributed by atoms with van der Waals surface area (Å²) < 4.78 is 18.0. The maximum Gasteiger partial charge on any atom is 0.178 e. The molecule has 0 heterocycles. The Morgan fingerprint density at radius 3 is 2.81 bits per heavy atom. The molecule has 4 aliphatic rings. The van der Waals surface area contributed by atoms with Crippen molar-refractivity contribution >= 4 is 33.5 Å². The smallest absolute Gasteiger partial charge is 0.178 e. The van der Waals surface area contributed by atoms with E-state index in [1.165, 1.54) is 15.5 Å². The lowest BCUT2D eigenvalue weighted by Crippen LogP contribution is -2.66. The van der Waals surface area contributed by atoms with Crippen molar-refractivity contribution in [1.29, 1.82) is 0 Å². The molecule has 2 fully saturated rings. The second kappa shape index (κ2) is 6.05. The molecular formula is C21H26BrFO2S. The van der Waals surface area contributed by atoms with E-state index in [9.17, 15) is 9.90 Å². The highest BCUT2D eigenvalue weighted by atomic mass is 79.9. The van der Waals surface area contributed by atoms with Crippen LogP contribution in [0.15, 0.2) is 33.2 Å². The van der Waals surface area contributed by atoms with Gasteiger partial charge in [-0.05, 0) is 56.4 Å². The lowest BCUT2D eigenvalue weighted by molar-refractivity contribution is -0.184. The Morgan fingerprint density at radius 1 is 1.38 bits per heavy atom. The molecule has 0 spiro atoms. The Kier molecular flexibility index (Phi) is 4.41. The van der Waals surface area contributed by atoms with E-state index in [1.807, 2.05) is 18.7 Å². The van der Waals surface area contributed by atoms with E-state index < -0.39 is 17.2 Å². The Morgan fingerprint density at radius 2 is 2.12 bits per heavy atom. The van der Waals surface area contributed by atoms with Crippen LogP contribution < -0.4 is 0 Å². The van der Waals surface area contributed by atoms with E-state index >= 15 is 4.39 Å². The number of allylic oxidation sites excluding steroid dienone is 6. The number of carbonyl (C=O) groups excluding carboxylic acids is 1. The Balaban J connectivity index is 1.80. The second-order valence-electron chi connectivity index (χ2n) is 8.64. The number of aliphatic hydroxyl groups is 1. The molecule has 0 bridgehead atoms. The predicted octanol–water partition coefficient (Wildman–Crippen LogP) is 5.33. The normalized spacial score (nSPS) is 47.4. The summed E-state index contributed by atoms with van der Waals surface area (Å²) in [7, 11) is 0. The van der Waals surface area contributed by atoms with Crippen LogP contribution in [0.1, 0.15) is 46.5 Å². The van der Waals surface area contributed by atoms with Gasteiger partial charge in [0.05, 0.1) is 6.10 Å². The minimum Gasteiger partial charge on any atom is -0.390 e. The number of fused-ring (bicyclic) bond motifs is 5. The maximum atomic E-state index is 16.8. The van der Waals surface area contributed by atoms with E-state index in [2.05, 4.69) is 29.8 Å². The average Bonchev–Trinajstić information content (AvgIpc) is 2.82. The van der Waals surface area contributed by atoms with Crippen LogP contribution in [0.4, 0.5) is 4.39 Å². The number of hydrogen-bond donors (Lipinski definition) is 1. The van der Waals surface area contributed by atoms with Crippen molar-refractivity contribution in [3.05, 3.63) is 33.2 Å². The van der Waals surface area contributed by atoms with Crippen molar-refractivity contribution in [3.63, 3.8) is 0 Å². The third-order valence-corrected chi connectivity index (χ3v) is 9.76. The molecule has 2 saturated carbocycles. The molecule has 6 atom stereocenters. The van der Waals surface area contributed by atoms with Crippen LogP contribution >= 0.6 is 27.7 Å². The molecule has 4 aliphatic carbocycles. The zero-order valence-electron chi connectivity index (χ0n) is 15.5. The van der Waals surface area contributed by atoms with Gasteiger partial charge in [0.1, 0.15) is 0 Å². The summed E-state index contributed by atoms with van der Waals surface area (Å²) in [5.74, 6) is 0.882. The number of thioether (sulfide) groups is 1. The van der Waals surface area contributed by atoms with Crippen LogP contribution in [0.25, 0.3) is 0 Å². The summed E-state index contributed by atoms with van der Waals surface area (Å²) >= 11 is 5.58. The van der Waals surface area contributed by atoms with Gasteiger partial charge in [0, 0.05) is 26.1 Å². The van der Waals surface area contributed by atoms with Gasteiger partial charge >= 0.3 is 0 Å². The van der Waals surface area contributed by atoms with E-state index in [-0.39, 0.29) is 23.0 Å². The highest BCUT2D eigenvalue weighted by Gasteiger charge is 2.69. The highest BCUT2D eigenvalue weighted by Crippen LogP contribution is 2.70. The van der Waals surface area contributed by atoms with Crippen molar-refractivity contribution in [1.82, 2.24) is 0 Å². The first-order valence-electron chi connectivity index (χ1n) is 9.51. The van der Waals surface area contributed by atoms with Crippen LogP contribution in [0.5, 0.6) is 0 Å². The zero-order chi connectivity index (χ0) is 18.9. The predicted molar refractivity (Wildman–Crippen MR) is 108 cm³/mol. The van der Waals surface area contributed by atoms with Crippen molar-refractivity contribution < 1.29 is 14.3 Å². The molecule has 0 amide bonds. The van der Waals surface area contributed by atoms with Gasteiger partial charge in [-0.25, -0.2) is 4.39 Å². The molecule has 0 aromatic carbocycles. The summed E-state index contributed by atoms with van der Waals surface area (Å²) in [4.78, 5) is 13.1. The average molecular weight is 441 g/mol. The number of ketones is 1. The minimum absolute atomic E-state index is 0.0680. The Labute approximate surface area is 167 Å². The lowest BCUT2D eigenvalue weighted by atomic mass is 9.46. The minimum atomic E-state index is -1.72. The molecule has 2 nitrogen and oxygen atoms in total. The number of rotatable bonds is 2. The van der Waals surface area contributed by atoms with Gasteiger partial charge < -0.3 is 5.11 Å². The standard InChI is InChI=1S/C21H26BrFO2S/c1-4-26-18-16(22)10-15-14-6-5-12-9-13(24)7-8-20(12,3)21(14,23)17(25)11-19(15,18)2/h7-9,14-15,17,25H,4-6,10-11H2,1-3H3/t14-,15-,17-,19-,20-,21?/m0/s1. The maximum absolute atomic E-state index is 16.8. The summed E-state index contributed by atoms with van der Waals surface area (Å²) in [5, 5.41) is 11.2. The van der Waals surface area contributed by atoms with Gasteiger partial charge in [-0.3, -0.25) is 4.79 Å². The van der Waals surface area contributed by atoms with Crippen LogP contribution in [-0.2, 0) is 4.79 Å². The molecule has 26 heavy (non-hydrogen) atoms. The molecule has 0 radical (unpaired) electrons. The Hall–Kier alpha value is -0.390. The van der Waals surface area contributed by atoms with Crippen LogP contribution in [0.3, 0.4) is 0 Å².